The molecule has 1 fully saturated rings. The van der Waals surface area contributed by atoms with Gasteiger partial charge in [-0.1, -0.05) is 5.16 Å². The highest BCUT2D eigenvalue weighted by molar-refractivity contribution is 7.89. The molecule has 1 aliphatic heterocycles. The molecule has 1 aliphatic rings. The van der Waals surface area contributed by atoms with E-state index in [1.807, 2.05) is 6.92 Å². The second kappa shape index (κ2) is 8.36. The molecule has 0 atom stereocenters. The summed E-state index contributed by atoms with van der Waals surface area (Å²) in [6.45, 7) is 6.97. The van der Waals surface area contributed by atoms with Crippen molar-refractivity contribution in [2.45, 2.75) is 50.5 Å². The summed E-state index contributed by atoms with van der Waals surface area (Å²) in [5.74, 6) is 0.261. The number of ether oxygens (including phenoxy) is 1. The molecule has 1 saturated heterocycles. The number of amides is 2. The van der Waals surface area contributed by atoms with Gasteiger partial charge in [0.15, 0.2) is 5.76 Å². The third-order valence-electron chi connectivity index (χ3n) is 4.71. The summed E-state index contributed by atoms with van der Waals surface area (Å²) in [5.41, 5.74) is -0.342. The summed E-state index contributed by atoms with van der Waals surface area (Å²) in [7, 11) is -2.21. The van der Waals surface area contributed by atoms with E-state index < -0.39 is 15.6 Å². The van der Waals surface area contributed by atoms with Crippen molar-refractivity contribution in [3.8, 4) is 0 Å². The number of carbonyl (C=O) groups excluding carboxylic acids is 1. The number of urea groups is 1. The maximum Gasteiger partial charge on any atom is 0.317 e. The Bertz CT molecular complexity index is 703. The lowest BCUT2D eigenvalue weighted by Gasteiger charge is -2.42. The van der Waals surface area contributed by atoms with Crippen LogP contribution in [-0.2, 0) is 14.8 Å². The zero-order valence-corrected chi connectivity index (χ0v) is 16.6. The van der Waals surface area contributed by atoms with Gasteiger partial charge in [0.05, 0.1) is 0 Å². The molecule has 26 heavy (non-hydrogen) atoms. The molecule has 9 nitrogen and oxygen atoms in total. The Morgan fingerprint density at radius 1 is 1.35 bits per heavy atom. The number of nitrogens with one attached hydrogen (secondary N) is 2. The molecule has 1 aromatic heterocycles. The molecule has 148 valence electrons. The lowest BCUT2D eigenvalue weighted by Crippen LogP contribution is -2.57. The van der Waals surface area contributed by atoms with Crippen LogP contribution in [0.1, 0.15) is 37.6 Å². The van der Waals surface area contributed by atoms with Crippen LogP contribution in [0.4, 0.5) is 4.79 Å². The van der Waals surface area contributed by atoms with Crippen LogP contribution in [0.3, 0.4) is 0 Å². The first-order valence-corrected chi connectivity index (χ1v) is 10.2. The maximum absolute atomic E-state index is 12.9. The Kier molecular flexibility index (Phi) is 6.64. The van der Waals surface area contributed by atoms with Gasteiger partial charge in [0.25, 0.3) is 0 Å². The average Bonchev–Trinajstić information content (AvgIpc) is 2.93. The fourth-order valence-corrected chi connectivity index (χ4v) is 5.12. The van der Waals surface area contributed by atoms with Gasteiger partial charge in [0.2, 0.25) is 10.0 Å². The van der Waals surface area contributed by atoms with E-state index in [0.717, 1.165) is 0 Å². The number of sulfonamides is 1. The molecular weight excluding hydrogens is 360 g/mol. The van der Waals surface area contributed by atoms with Crippen LogP contribution < -0.4 is 10.0 Å². The topological polar surface area (TPSA) is 114 Å². The highest BCUT2D eigenvalue weighted by Crippen LogP contribution is 2.30. The number of aromatic nitrogens is 1. The number of carbonyl (C=O) groups is 1. The van der Waals surface area contributed by atoms with Gasteiger partial charge >= 0.3 is 6.03 Å². The summed E-state index contributed by atoms with van der Waals surface area (Å²) >= 11 is 0. The van der Waals surface area contributed by atoms with Crippen LogP contribution in [0.5, 0.6) is 0 Å². The normalized spacial score (nSPS) is 17.3. The molecule has 0 unspecified atom stereocenters. The van der Waals surface area contributed by atoms with Crippen LogP contribution >= 0.6 is 0 Å². The van der Waals surface area contributed by atoms with E-state index in [9.17, 15) is 13.2 Å². The molecule has 2 rings (SSSR count). The second-order valence-electron chi connectivity index (χ2n) is 6.60. The lowest BCUT2D eigenvalue weighted by atomic mass is 9.86. The second-order valence-corrected chi connectivity index (χ2v) is 8.22. The fraction of sp³-hybridized carbons (Fsp3) is 0.750. The molecule has 0 aliphatic carbocycles. The summed E-state index contributed by atoms with van der Waals surface area (Å²) in [5, 5.41) is 6.51. The molecule has 0 aromatic carbocycles. The van der Waals surface area contributed by atoms with Crippen LogP contribution in [0.2, 0.25) is 0 Å². The van der Waals surface area contributed by atoms with Crippen LogP contribution in [0.25, 0.3) is 0 Å². The van der Waals surface area contributed by atoms with Gasteiger partial charge < -0.3 is 19.5 Å². The summed E-state index contributed by atoms with van der Waals surface area (Å²) < 4.78 is 38.9. The standard InChI is InChI=1S/C16H28N4O5S/c1-5-17-15(21)20-9-6-16(7-10-20,8-11-24-4)19-26(22,23)14-12(2)18-25-13(14)3/h19H,5-11H2,1-4H3,(H,17,21). The van der Waals surface area contributed by atoms with Crippen molar-refractivity contribution >= 4 is 16.1 Å². The zero-order chi connectivity index (χ0) is 19.4. The summed E-state index contributed by atoms with van der Waals surface area (Å²) in [4.78, 5) is 13.8. The predicted octanol–water partition coefficient (Wildman–Crippen LogP) is 1.17. The molecule has 2 heterocycles. The van der Waals surface area contributed by atoms with Gasteiger partial charge in [-0.25, -0.2) is 17.9 Å². The van der Waals surface area contributed by atoms with Gasteiger partial charge in [0.1, 0.15) is 10.6 Å². The molecule has 0 spiro atoms. The van der Waals surface area contributed by atoms with Crippen LogP contribution in [0.15, 0.2) is 9.42 Å². The predicted molar refractivity (Wildman–Crippen MR) is 95.4 cm³/mol. The monoisotopic (exact) mass is 388 g/mol. The molecule has 0 saturated carbocycles. The number of likely N-dealkylation sites (tertiary alicyclic amines) is 1. The van der Waals surface area contributed by atoms with Gasteiger partial charge in [-0.2, -0.15) is 0 Å². The minimum atomic E-state index is -3.80. The van der Waals surface area contributed by atoms with Gasteiger partial charge in [-0.3, -0.25) is 0 Å². The van der Waals surface area contributed by atoms with Gasteiger partial charge in [0, 0.05) is 38.9 Å². The Balaban J connectivity index is 2.19. The Hall–Kier alpha value is -1.65. The maximum atomic E-state index is 12.9. The highest BCUT2D eigenvalue weighted by Gasteiger charge is 2.40. The molecule has 2 N–H and O–H groups in total. The Morgan fingerprint density at radius 3 is 2.50 bits per heavy atom. The zero-order valence-electron chi connectivity index (χ0n) is 15.8. The minimum absolute atomic E-state index is 0.0837. The van der Waals surface area contributed by atoms with E-state index in [-0.39, 0.29) is 16.7 Å². The van der Waals surface area contributed by atoms with Crippen molar-refractivity contribution in [2.75, 3.05) is 33.4 Å². The first-order valence-electron chi connectivity index (χ1n) is 8.73. The van der Waals surface area contributed by atoms with E-state index in [1.54, 1.807) is 25.9 Å². The van der Waals surface area contributed by atoms with Crippen molar-refractivity contribution in [2.24, 2.45) is 0 Å². The number of nitrogens with zero attached hydrogens (tertiary/aromatic N) is 2. The Labute approximate surface area is 154 Å². The van der Waals surface area contributed by atoms with Crippen molar-refractivity contribution in [1.29, 1.82) is 0 Å². The number of aryl methyl sites for hydroxylation is 2. The van der Waals surface area contributed by atoms with Gasteiger partial charge in [-0.15, -0.1) is 0 Å². The number of hydrogen-bond acceptors (Lipinski definition) is 6. The van der Waals surface area contributed by atoms with Crippen molar-refractivity contribution < 1.29 is 22.5 Å². The van der Waals surface area contributed by atoms with E-state index in [0.29, 0.717) is 51.2 Å². The quantitative estimate of drug-likeness (QED) is 0.725. The smallest absolute Gasteiger partial charge is 0.317 e. The highest BCUT2D eigenvalue weighted by atomic mass is 32.2. The van der Waals surface area contributed by atoms with E-state index in [1.165, 1.54) is 0 Å². The molecular formula is C16H28N4O5S. The average molecular weight is 388 g/mol. The first-order chi connectivity index (χ1) is 12.2. The number of methoxy groups -OCH3 is 1. The molecule has 1 aromatic rings. The third-order valence-corrected chi connectivity index (χ3v) is 6.53. The molecule has 0 bridgehead atoms. The van der Waals surface area contributed by atoms with Crippen molar-refractivity contribution in [3.05, 3.63) is 11.5 Å². The lowest BCUT2D eigenvalue weighted by molar-refractivity contribution is 0.115. The molecule has 0 radical (unpaired) electrons. The number of rotatable bonds is 7. The largest absolute Gasteiger partial charge is 0.385 e. The number of hydrogen-bond donors (Lipinski definition) is 2. The van der Waals surface area contributed by atoms with Crippen molar-refractivity contribution in [3.63, 3.8) is 0 Å². The SMILES string of the molecule is CCNC(=O)N1CCC(CCOC)(NS(=O)(=O)c2c(C)noc2C)CC1. The summed E-state index contributed by atoms with van der Waals surface area (Å²) in [6, 6.07) is -0.124. The van der Waals surface area contributed by atoms with E-state index >= 15 is 0 Å². The van der Waals surface area contributed by atoms with E-state index in [2.05, 4.69) is 15.2 Å². The minimum Gasteiger partial charge on any atom is -0.385 e. The number of piperidine rings is 1. The van der Waals surface area contributed by atoms with Crippen molar-refractivity contribution in [1.82, 2.24) is 20.1 Å². The Morgan fingerprint density at radius 2 is 2.00 bits per heavy atom. The summed E-state index contributed by atoms with van der Waals surface area (Å²) in [6.07, 6.45) is 1.54. The third kappa shape index (κ3) is 4.54. The fourth-order valence-electron chi connectivity index (χ4n) is 3.30. The van der Waals surface area contributed by atoms with E-state index in [4.69, 9.17) is 9.26 Å². The van der Waals surface area contributed by atoms with Crippen LogP contribution in [-0.4, -0.2) is 63.4 Å². The van der Waals surface area contributed by atoms with Gasteiger partial charge in [-0.05, 0) is 40.0 Å². The van der Waals surface area contributed by atoms with Crippen LogP contribution in [0, 0.1) is 13.8 Å². The molecule has 2 amide bonds. The first kappa shape index (κ1) is 20.7. The molecule has 10 heteroatoms.